The number of rotatable bonds is 6. The number of aromatic nitrogens is 1. The van der Waals surface area contributed by atoms with Gasteiger partial charge in [-0.1, -0.05) is 5.16 Å². The summed E-state index contributed by atoms with van der Waals surface area (Å²) in [5.74, 6) is -2.68. The van der Waals surface area contributed by atoms with Gasteiger partial charge in [0.25, 0.3) is 0 Å². The minimum absolute atomic E-state index is 0. The number of aryl methyl sites for hydroxylation is 1. The molecule has 23 heavy (non-hydrogen) atoms. The Morgan fingerprint density at radius 2 is 2.22 bits per heavy atom. The first-order valence-electron chi connectivity index (χ1n) is 6.19. The number of hydrogen-bond acceptors (Lipinski definition) is 7. The number of oxime groups is 1. The van der Waals surface area contributed by atoms with Gasteiger partial charge in [-0.2, -0.15) is 0 Å². The van der Waals surface area contributed by atoms with Gasteiger partial charge < -0.3 is 24.4 Å². The molecule has 0 saturated heterocycles. The van der Waals surface area contributed by atoms with Gasteiger partial charge in [-0.15, -0.1) is 11.3 Å². The Kier molecular flexibility index (Phi) is 6.95. The SMILES string of the molecule is CCn1cc(C(=O)O)c(=O)c2cc(/C=N\OCC(=O)[O-])sc21.[Na+]. The number of carboxylic acids is 2. The van der Waals surface area contributed by atoms with Crippen LogP contribution in [0.3, 0.4) is 0 Å². The van der Waals surface area contributed by atoms with Crippen LogP contribution in [-0.2, 0) is 16.2 Å². The molecule has 0 fully saturated rings. The average molecular weight is 346 g/mol. The summed E-state index contributed by atoms with van der Waals surface area (Å²) in [6.07, 6.45) is 2.56. The van der Waals surface area contributed by atoms with E-state index in [1.54, 1.807) is 4.57 Å². The Bertz CT molecular complexity index is 826. The number of carbonyl (C=O) groups is 2. The molecule has 116 valence electrons. The zero-order valence-electron chi connectivity index (χ0n) is 12.4. The van der Waals surface area contributed by atoms with Crippen LogP contribution in [0.2, 0.25) is 0 Å². The predicted octanol–water partition coefficient (Wildman–Crippen LogP) is -3.11. The Hall–Kier alpha value is -1.68. The molecule has 2 aromatic heterocycles. The molecule has 2 aromatic rings. The van der Waals surface area contributed by atoms with Gasteiger partial charge >= 0.3 is 35.5 Å². The molecule has 0 aliphatic carbocycles. The molecular formula is C13H11N2NaO6S. The van der Waals surface area contributed by atoms with Crippen LogP contribution in [-0.4, -0.2) is 34.4 Å². The fourth-order valence-corrected chi connectivity index (χ4v) is 2.88. The van der Waals surface area contributed by atoms with Crippen LogP contribution < -0.4 is 40.1 Å². The third kappa shape index (κ3) is 4.41. The first kappa shape index (κ1) is 19.4. The molecule has 0 aliphatic heterocycles. The molecular weight excluding hydrogens is 335 g/mol. The molecule has 1 N–H and O–H groups in total. The number of aliphatic carboxylic acids is 1. The third-order valence-corrected chi connectivity index (χ3v) is 3.88. The summed E-state index contributed by atoms with van der Waals surface area (Å²) in [4.78, 5) is 39.0. The smallest absolute Gasteiger partial charge is 0.546 e. The van der Waals surface area contributed by atoms with Crippen LogP contribution in [0.5, 0.6) is 0 Å². The standard InChI is InChI=1S/C13H12N2O6S.Na/c1-2-15-5-9(13(19)20)11(18)8-3-7(22-12(8)15)4-14-21-6-10(16)17;/h3-5H,2,6H2,1H3,(H,16,17)(H,19,20);/q;+1/p-1/b14-4-;. The maximum atomic E-state index is 12.1. The maximum absolute atomic E-state index is 12.1. The number of carbonyl (C=O) groups excluding carboxylic acids is 1. The van der Waals surface area contributed by atoms with Gasteiger partial charge in [-0.3, -0.25) is 4.79 Å². The summed E-state index contributed by atoms with van der Waals surface area (Å²) in [6, 6.07) is 1.49. The molecule has 0 radical (unpaired) electrons. The molecule has 2 heterocycles. The maximum Gasteiger partial charge on any atom is 1.00 e. The number of hydrogen-bond donors (Lipinski definition) is 1. The molecule has 0 atom stereocenters. The van der Waals surface area contributed by atoms with E-state index in [1.165, 1.54) is 29.8 Å². The van der Waals surface area contributed by atoms with Gasteiger partial charge in [0.05, 0.1) is 22.4 Å². The Labute approximate surface area is 156 Å². The number of aromatic carboxylic acids is 1. The van der Waals surface area contributed by atoms with E-state index in [0.29, 0.717) is 16.3 Å². The molecule has 10 heteroatoms. The normalized spacial score (nSPS) is 10.7. The molecule has 0 unspecified atom stereocenters. The monoisotopic (exact) mass is 346 g/mol. The largest absolute Gasteiger partial charge is 1.00 e. The second-order valence-corrected chi connectivity index (χ2v) is 5.27. The van der Waals surface area contributed by atoms with E-state index in [2.05, 4.69) is 9.99 Å². The molecule has 0 spiro atoms. The Morgan fingerprint density at radius 1 is 1.52 bits per heavy atom. The van der Waals surface area contributed by atoms with E-state index in [9.17, 15) is 19.5 Å². The second kappa shape index (κ2) is 8.25. The Morgan fingerprint density at radius 3 is 2.78 bits per heavy atom. The van der Waals surface area contributed by atoms with Crippen molar-refractivity contribution in [2.24, 2.45) is 5.16 Å². The van der Waals surface area contributed by atoms with Crippen molar-refractivity contribution < 1.29 is 54.2 Å². The number of carboxylic acid groups (broad SMARTS) is 2. The number of nitrogens with zero attached hydrogens (tertiary/aromatic N) is 2. The number of thiophene rings is 1. The zero-order chi connectivity index (χ0) is 16.3. The fourth-order valence-electron chi connectivity index (χ4n) is 1.82. The summed E-state index contributed by atoms with van der Waals surface area (Å²) in [5, 5.41) is 23.0. The van der Waals surface area contributed by atoms with Gasteiger partial charge in [0, 0.05) is 12.7 Å². The minimum Gasteiger partial charge on any atom is -0.546 e. The second-order valence-electron chi connectivity index (χ2n) is 4.21. The van der Waals surface area contributed by atoms with E-state index in [1.807, 2.05) is 6.92 Å². The van der Waals surface area contributed by atoms with Crippen LogP contribution in [0, 0.1) is 0 Å². The van der Waals surface area contributed by atoms with Crippen molar-refractivity contribution in [3.63, 3.8) is 0 Å². The summed E-state index contributed by atoms with van der Waals surface area (Å²) in [7, 11) is 0. The van der Waals surface area contributed by atoms with E-state index in [4.69, 9.17) is 5.11 Å². The quantitative estimate of drug-likeness (QED) is 0.336. The van der Waals surface area contributed by atoms with Crippen LogP contribution >= 0.6 is 11.3 Å². The molecule has 8 nitrogen and oxygen atoms in total. The first-order valence-corrected chi connectivity index (χ1v) is 7.01. The van der Waals surface area contributed by atoms with Crippen molar-refractivity contribution in [3.05, 3.63) is 32.9 Å². The van der Waals surface area contributed by atoms with Crippen LogP contribution in [0.15, 0.2) is 22.2 Å². The molecule has 0 aliphatic rings. The average Bonchev–Trinajstić information content (AvgIpc) is 2.88. The predicted molar refractivity (Wildman–Crippen MR) is 77.3 cm³/mol. The van der Waals surface area contributed by atoms with Crippen molar-refractivity contribution >= 4 is 39.7 Å². The van der Waals surface area contributed by atoms with Crippen molar-refractivity contribution in [2.75, 3.05) is 6.61 Å². The Balaban J connectivity index is 0.00000264. The minimum atomic E-state index is -1.40. The van der Waals surface area contributed by atoms with Crippen molar-refractivity contribution in [1.82, 2.24) is 4.57 Å². The summed E-state index contributed by atoms with van der Waals surface area (Å²) in [6.45, 7) is 1.65. The summed E-state index contributed by atoms with van der Waals surface area (Å²) < 4.78 is 1.66. The third-order valence-electron chi connectivity index (χ3n) is 2.77. The van der Waals surface area contributed by atoms with Crippen LogP contribution in [0.1, 0.15) is 22.2 Å². The summed E-state index contributed by atoms with van der Waals surface area (Å²) in [5.41, 5.74) is -0.873. The molecule has 0 saturated carbocycles. The van der Waals surface area contributed by atoms with E-state index in [0.717, 1.165) is 0 Å². The van der Waals surface area contributed by atoms with E-state index < -0.39 is 24.0 Å². The molecule has 0 amide bonds. The fraction of sp³-hybridized carbons (Fsp3) is 0.231. The first-order chi connectivity index (χ1) is 10.4. The molecule has 0 aromatic carbocycles. The molecule has 0 bridgehead atoms. The van der Waals surface area contributed by atoms with Gasteiger partial charge in [0.2, 0.25) is 5.43 Å². The van der Waals surface area contributed by atoms with Crippen molar-refractivity contribution in [1.29, 1.82) is 0 Å². The topological polar surface area (TPSA) is 121 Å². The van der Waals surface area contributed by atoms with Crippen molar-refractivity contribution in [2.45, 2.75) is 13.5 Å². The van der Waals surface area contributed by atoms with Crippen molar-refractivity contribution in [3.8, 4) is 0 Å². The number of fused-ring (bicyclic) bond motifs is 1. The van der Waals surface area contributed by atoms with Gasteiger partial charge in [-0.25, -0.2) is 4.79 Å². The van der Waals surface area contributed by atoms with Crippen LogP contribution in [0.4, 0.5) is 0 Å². The van der Waals surface area contributed by atoms with E-state index >= 15 is 0 Å². The molecule has 2 rings (SSSR count). The van der Waals surface area contributed by atoms with Gasteiger partial charge in [-0.05, 0) is 13.0 Å². The number of pyridine rings is 1. The zero-order valence-corrected chi connectivity index (χ0v) is 15.3. The van der Waals surface area contributed by atoms with Gasteiger partial charge in [0.1, 0.15) is 10.4 Å². The van der Waals surface area contributed by atoms with Crippen LogP contribution in [0.25, 0.3) is 10.2 Å². The van der Waals surface area contributed by atoms with E-state index in [-0.39, 0.29) is 40.5 Å². The summed E-state index contributed by atoms with van der Waals surface area (Å²) >= 11 is 1.22. The van der Waals surface area contributed by atoms with Gasteiger partial charge in [0.15, 0.2) is 6.61 Å².